The lowest BCUT2D eigenvalue weighted by molar-refractivity contribution is -0.140. The van der Waals surface area contributed by atoms with Crippen LogP contribution in [0.3, 0.4) is 0 Å². The molecule has 3 heteroatoms. The van der Waals surface area contributed by atoms with Crippen LogP contribution in [-0.2, 0) is 4.79 Å². The molecule has 1 saturated heterocycles. The van der Waals surface area contributed by atoms with Crippen molar-refractivity contribution in [3.05, 3.63) is 0 Å². The van der Waals surface area contributed by atoms with E-state index in [1.807, 2.05) is 6.92 Å². The standard InChI is InChI=1S/C18H31NO2/c1-13(20)17-7-4-10-19(12-17)18(21)16-9-8-14-5-2-3-6-15(14)11-16/h13-17,20H,2-12H2,1H3. The van der Waals surface area contributed by atoms with Gasteiger partial charge in [-0.05, 0) is 50.9 Å². The Labute approximate surface area is 129 Å². The predicted molar refractivity (Wildman–Crippen MR) is 83.8 cm³/mol. The summed E-state index contributed by atoms with van der Waals surface area (Å²) < 4.78 is 0. The lowest BCUT2D eigenvalue weighted by Gasteiger charge is -2.42. The van der Waals surface area contributed by atoms with E-state index in [-0.39, 0.29) is 17.9 Å². The average molecular weight is 293 g/mol. The van der Waals surface area contributed by atoms with E-state index in [1.54, 1.807) is 0 Å². The van der Waals surface area contributed by atoms with Crippen LogP contribution in [0.15, 0.2) is 0 Å². The summed E-state index contributed by atoms with van der Waals surface area (Å²) in [5, 5.41) is 9.80. The summed E-state index contributed by atoms with van der Waals surface area (Å²) >= 11 is 0. The van der Waals surface area contributed by atoms with E-state index in [2.05, 4.69) is 4.90 Å². The fraction of sp³-hybridized carbons (Fsp3) is 0.944. The molecule has 3 aliphatic rings. The number of piperidine rings is 1. The summed E-state index contributed by atoms with van der Waals surface area (Å²) in [6.07, 6.45) is 10.9. The summed E-state index contributed by atoms with van der Waals surface area (Å²) in [6.45, 7) is 3.56. The molecule has 5 unspecified atom stereocenters. The zero-order valence-corrected chi connectivity index (χ0v) is 13.5. The van der Waals surface area contributed by atoms with E-state index in [4.69, 9.17) is 0 Å². The molecule has 1 heterocycles. The molecule has 0 radical (unpaired) electrons. The molecule has 3 rings (SSSR count). The zero-order chi connectivity index (χ0) is 14.8. The largest absolute Gasteiger partial charge is 0.393 e. The molecule has 21 heavy (non-hydrogen) atoms. The summed E-state index contributed by atoms with van der Waals surface area (Å²) in [6, 6.07) is 0. The van der Waals surface area contributed by atoms with Gasteiger partial charge in [-0.2, -0.15) is 0 Å². The average Bonchev–Trinajstić information content (AvgIpc) is 2.53. The van der Waals surface area contributed by atoms with E-state index in [9.17, 15) is 9.90 Å². The second kappa shape index (κ2) is 6.68. The summed E-state index contributed by atoms with van der Waals surface area (Å²) in [7, 11) is 0. The van der Waals surface area contributed by atoms with Crippen molar-refractivity contribution in [1.82, 2.24) is 4.90 Å². The third-order valence-electron chi connectivity index (χ3n) is 6.34. The number of rotatable bonds is 2. The third-order valence-corrected chi connectivity index (χ3v) is 6.34. The Hall–Kier alpha value is -0.570. The Morgan fingerprint density at radius 3 is 2.57 bits per heavy atom. The van der Waals surface area contributed by atoms with Gasteiger partial charge >= 0.3 is 0 Å². The van der Waals surface area contributed by atoms with Crippen molar-refractivity contribution in [2.24, 2.45) is 23.7 Å². The number of likely N-dealkylation sites (tertiary alicyclic amines) is 1. The van der Waals surface area contributed by atoms with Crippen LogP contribution in [0.4, 0.5) is 0 Å². The van der Waals surface area contributed by atoms with Gasteiger partial charge in [0.05, 0.1) is 6.10 Å². The molecule has 1 N–H and O–H groups in total. The number of aliphatic hydroxyl groups excluding tert-OH is 1. The van der Waals surface area contributed by atoms with Gasteiger partial charge in [0, 0.05) is 24.9 Å². The molecule has 2 saturated carbocycles. The molecule has 0 aromatic heterocycles. The Kier molecular flexibility index (Phi) is 4.88. The normalized spacial score (nSPS) is 38.7. The third kappa shape index (κ3) is 3.44. The topological polar surface area (TPSA) is 40.5 Å². The van der Waals surface area contributed by atoms with Crippen LogP contribution in [0, 0.1) is 23.7 Å². The maximum Gasteiger partial charge on any atom is 0.225 e. The van der Waals surface area contributed by atoms with Gasteiger partial charge in [0.25, 0.3) is 0 Å². The number of carbonyl (C=O) groups excluding carboxylic acids is 1. The maximum atomic E-state index is 12.8. The fourth-order valence-corrected chi connectivity index (χ4v) is 4.96. The van der Waals surface area contributed by atoms with E-state index < -0.39 is 0 Å². The molecule has 5 atom stereocenters. The highest BCUT2D eigenvalue weighted by Crippen LogP contribution is 2.43. The lowest BCUT2D eigenvalue weighted by Crippen LogP contribution is -2.46. The first-order chi connectivity index (χ1) is 10.1. The van der Waals surface area contributed by atoms with Crippen molar-refractivity contribution >= 4 is 5.91 Å². The van der Waals surface area contributed by atoms with Crippen molar-refractivity contribution in [2.45, 2.75) is 70.8 Å². The first kappa shape index (κ1) is 15.3. The molecule has 1 amide bonds. The van der Waals surface area contributed by atoms with Gasteiger partial charge in [0.15, 0.2) is 0 Å². The van der Waals surface area contributed by atoms with Gasteiger partial charge in [-0.15, -0.1) is 0 Å². The lowest BCUT2D eigenvalue weighted by atomic mass is 9.67. The second-order valence-corrected chi connectivity index (χ2v) is 7.74. The van der Waals surface area contributed by atoms with Crippen LogP contribution in [-0.4, -0.2) is 35.1 Å². The van der Waals surface area contributed by atoms with Gasteiger partial charge in [-0.25, -0.2) is 0 Å². The Bertz CT molecular complexity index is 368. The first-order valence-electron chi connectivity index (χ1n) is 9.12. The summed E-state index contributed by atoms with van der Waals surface area (Å²) in [5.74, 6) is 2.68. The SMILES string of the molecule is CC(O)C1CCCN(C(=O)C2CCC3CCCCC3C2)C1. The highest BCUT2D eigenvalue weighted by Gasteiger charge is 2.37. The molecule has 1 aliphatic heterocycles. The molecule has 0 aromatic carbocycles. The van der Waals surface area contributed by atoms with Crippen molar-refractivity contribution in [1.29, 1.82) is 0 Å². The highest BCUT2D eigenvalue weighted by molar-refractivity contribution is 5.79. The van der Waals surface area contributed by atoms with Crippen LogP contribution < -0.4 is 0 Å². The summed E-state index contributed by atoms with van der Waals surface area (Å²) in [5.41, 5.74) is 0. The van der Waals surface area contributed by atoms with Crippen LogP contribution >= 0.6 is 0 Å². The molecular formula is C18H31NO2. The monoisotopic (exact) mass is 293 g/mol. The number of carbonyl (C=O) groups is 1. The minimum Gasteiger partial charge on any atom is -0.393 e. The number of amides is 1. The van der Waals surface area contributed by atoms with E-state index >= 15 is 0 Å². The van der Waals surface area contributed by atoms with Gasteiger partial charge in [-0.3, -0.25) is 4.79 Å². The Morgan fingerprint density at radius 2 is 1.81 bits per heavy atom. The molecule has 0 bridgehead atoms. The first-order valence-corrected chi connectivity index (χ1v) is 9.12. The van der Waals surface area contributed by atoms with Crippen molar-refractivity contribution in [3.8, 4) is 0 Å². The molecule has 3 fully saturated rings. The van der Waals surface area contributed by atoms with Crippen molar-refractivity contribution in [2.75, 3.05) is 13.1 Å². The Balaban J connectivity index is 1.57. The van der Waals surface area contributed by atoms with Gasteiger partial charge in [0.1, 0.15) is 0 Å². The molecular weight excluding hydrogens is 262 g/mol. The molecule has 120 valence electrons. The number of nitrogens with zero attached hydrogens (tertiary/aromatic N) is 1. The van der Waals surface area contributed by atoms with Gasteiger partial charge < -0.3 is 10.0 Å². The zero-order valence-electron chi connectivity index (χ0n) is 13.5. The number of aliphatic hydroxyl groups is 1. The number of hydrogen-bond donors (Lipinski definition) is 1. The predicted octanol–water partition coefficient (Wildman–Crippen LogP) is 3.21. The minimum atomic E-state index is -0.283. The van der Waals surface area contributed by atoms with E-state index in [0.29, 0.717) is 5.91 Å². The number of hydrogen-bond acceptors (Lipinski definition) is 2. The smallest absolute Gasteiger partial charge is 0.225 e. The van der Waals surface area contributed by atoms with E-state index in [1.165, 1.54) is 32.1 Å². The quantitative estimate of drug-likeness (QED) is 0.849. The molecule has 3 nitrogen and oxygen atoms in total. The van der Waals surface area contributed by atoms with Crippen molar-refractivity contribution < 1.29 is 9.90 Å². The summed E-state index contributed by atoms with van der Waals surface area (Å²) in [4.78, 5) is 14.9. The Morgan fingerprint density at radius 1 is 1.05 bits per heavy atom. The van der Waals surface area contributed by atoms with Crippen LogP contribution in [0.2, 0.25) is 0 Å². The van der Waals surface area contributed by atoms with Gasteiger partial charge in [-0.1, -0.05) is 25.7 Å². The van der Waals surface area contributed by atoms with Gasteiger partial charge in [0.2, 0.25) is 5.91 Å². The van der Waals surface area contributed by atoms with Crippen LogP contribution in [0.1, 0.15) is 64.7 Å². The molecule has 2 aliphatic carbocycles. The number of fused-ring (bicyclic) bond motifs is 1. The highest BCUT2D eigenvalue weighted by atomic mass is 16.3. The van der Waals surface area contributed by atoms with Crippen LogP contribution in [0.5, 0.6) is 0 Å². The maximum absolute atomic E-state index is 12.8. The van der Waals surface area contributed by atoms with Crippen molar-refractivity contribution in [3.63, 3.8) is 0 Å². The second-order valence-electron chi connectivity index (χ2n) is 7.74. The minimum absolute atomic E-state index is 0.275. The fourth-order valence-electron chi connectivity index (χ4n) is 4.96. The molecule has 0 aromatic rings. The van der Waals surface area contributed by atoms with E-state index in [0.717, 1.165) is 50.6 Å². The van der Waals surface area contributed by atoms with Crippen LogP contribution in [0.25, 0.3) is 0 Å². The molecule has 0 spiro atoms.